The van der Waals surface area contributed by atoms with Crippen LogP contribution in [-0.4, -0.2) is 17.6 Å². The number of carbonyl (C=O) groups is 1. The smallest absolute Gasteiger partial charge is 0.313 e. The molecule has 0 amide bonds. The highest BCUT2D eigenvalue weighted by Gasteiger charge is 2.29. The molecule has 1 heterocycles. The maximum Gasteiger partial charge on any atom is 0.313 e. The van der Waals surface area contributed by atoms with Crippen molar-refractivity contribution in [3.63, 3.8) is 0 Å². The molecule has 0 radical (unpaired) electrons. The largest absolute Gasteiger partial charge is 0.469 e. The van der Waals surface area contributed by atoms with E-state index in [-0.39, 0.29) is 23.8 Å². The van der Waals surface area contributed by atoms with Crippen LogP contribution in [0.25, 0.3) is 0 Å². The fraction of sp³-hybridized carbons (Fsp3) is 0.455. The van der Waals surface area contributed by atoms with Gasteiger partial charge >= 0.3 is 5.97 Å². The Morgan fingerprint density at radius 1 is 1.56 bits per heavy atom. The van der Waals surface area contributed by atoms with Crippen LogP contribution < -0.4 is 11.3 Å². The Morgan fingerprint density at radius 3 is 2.75 bits per heavy atom. The van der Waals surface area contributed by atoms with Crippen molar-refractivity contribution in [3.05, 3.63) is 28.7 Å². The topological polar surface area (TPSA) is 74.3 Å². The number of hydrogen-bond donors (Lipinski definition) is 1. The zero-order valence-corrected chi connectivity index (χ0v) is 9.69. The third kappa shape index (κ3) is 2.42. The second-order valence-electron chi connectivity index (χ2n) is 4.27. The van der Waals surface area contributed by atoms with Gasteiger partial charge in [0.1, 0.15) is 0 Å². The van der Waals surface area contributed by atoms with Gasteiger partial charge in [0.25, 0.3) is 5.56 Å². The molecule has 0 bridgehead atoms. The Hall–Kier alpha value is -1.78. The average molecular weight is 224 g/mol. The van der Waals surface area contributed by atoms with Gasteiger partial charge in [-0.15, -0.1) is 0 Å². The fourth-order valence-corrected chi connectivity index (χ4v) is 1.45. The number of carbonyl (C=O) groups excluding carboxylic acids is 1. The van der Waals surface area contributed by atoms with Gasteiger partial charge in [-0.3, -0.25) is 9.59 Å². The second-order valence-corrected chi connectivity index (χ2v) is 4.27. The van der Waals surface area contributed by atoms with Crippen molar-refractivity contribution in [1.82, 2.24) is 4.57 Å². The van der Waals surface area contributed by atoms with E-state index in [4.69, 9.17) is 5.73 Å². The van der Waals surface area contributed by atoms with E-state index in [9.17, 15) is 9.59 Å². The van der Waals surface area contributed by atoms with Crippen LogP contribution >= 0.6 is 0 Å². The van der Waals surface area contributed by atoms with E-state index in [1.807, 2.05) is 0 Å². The van der Waals surface area contributed by atoms with Crippen LogP contribution in [0.4, 0.5) is 5.69 Å². The van der Waals surface area contributed by atoms with Gasteiger partial charge in [-0.25, -0.2) is 0 Å². The number of ether oxygens (including phenoxy) is 1. The van der Waals surface area contributed by atoms with Crippen molar-refractivity contribution in [2.45, 2.75) is 20.4 Å². The summed E-state index contributed by atoms with van der Waals surface area (Å²) in [5, 5.41) is 0. The van der Waals surface area contributed by atoms with Crippen molar-refractivity contribution in [3.8, 4) is 0 Å². The lowest BCUT2D eigenvalue weighted by Gasteiger charge is -2.22. The van der Waals surface area contributed by atoms with Crippen molar-refractivity contribution in [1.29, 1.82) is 0 Å². The molecule has 5 heteroatoms. The Bertz CT molecular complexity index is 449. The molecule has 1 aromatic heterocycles. The first kappa shape index (κ1) is 12.3. The average Bonchev–Trinajstić information content (AvgIpc) is 2.23. The SMILES string of the molecule is COC(=O)C(C)(C)Cn1cccc(N)c1=O. The lowest BCUT2D eigenvalue weighted by molar-refractivity contribution is -0.151. The first-order chi connectivity index (χ1) is 7.38. The maximum atomic E-state index is 11.6. The lowest BCUT2D eigenvalue weighted by Crippen LogP contribution is -2.35. The van der Waals surface area contributed by atoms with Crippen LogP contribution in [0.1, 0.15) is 13.8 Å². The summed E-state index contributed by atoms with van der Waals surface area (Å²) in [6, 6.07) is 3.20. The monoisotopic (exact) mass is 224 g/mol. The Morgan fingerprint density at radius 2 is 2.19 bits per heavy atom. The van der Waals surface area contributed by atoms with Gasteiger partial charge in [0, 0.05) is 12.7 Å². The molecule has 0 fully saturated rings. The zero-order chi connectivity index (χ0) is 12.3. The van der Waals surface area contributed by atoms with E-state index < -0.39 is 5.41 Å². The maximum absolute atomic E-state index is 11.6. The van der Waals surface area contributed by atoms with Crippen molar-refractivity contribution >= 4 is 11.7 Å². The number of anilines is 1. The Kier molecular flexibility index (Phi) is 3.37. The van der Waals surface area contributed by atoms with E-state index in [1.165, 1.54) is 17.7 Å². The Labute approximate surface area is 93.8 Å². The first-order valence-corrected chi connectivity index (χ1v) is 4.92. The summed E-state index contributed by atoms with van der Waals surface area (Å²) in [6.07, 6.45) is 1.60. The molecule has 2 N–H and O–H groups in total. The van der Waals surface area contributed by atoms with Crippen LogP contribution in [0.2, 0.25) is 0 Å². The normalized spacial score (nSPS) is 11.2. The van der Waals surface area contributed by atoms with Gasteiger partial charge in [-0.05, 0) is 26.0 Å². The van der Waals surface area contributed by atoms with Crippen LogP contribution in [0.3, 0.4) is 0 Å². The summed E-state index contributed by atoms with van der Waals surface area (Å²) in [5.41, 5.74) is 4.62. The summed E-state index contributed by atoms with van der Waals surface area (Å²) in [7, 11) is 1.33. The summed E-state index contributed by atoms with van der Waals surface area (Å²) < 4.78 is 6.08. The molecule has 0 atom stereocenters. The third-order valence-corrected chi connectivity index (χ3v) is 2.35. The predicted molar refractivity (Wildman–Crippen MR) is 60.9 cm³/mol. The molecule has 88 valence electrons. The van der Waals surface area contributed by atoms with Crippen LogP contribution in [0, 0.1) is 5.41 Å². The number of methoxy groups -OCH3 is 1. The third-order valence-electron chi connectivity index (χ3n) is 2.35. The second kappa shape index (κ2) is 4.38. The van der Waals surface area contributed by atoms with Gasteiger partial charge < -0.3 is 15.0 Å². The molecule has 0 spiro atoms. The van der Waals surface area contributed by atoms with Gasteiger partial charge in [0.15, 0.2) is 0 Å². The molecule has 1 aromatic rings. The first-order valence-electron chi connectivity index (χ1n) is 4.92. The molecular formula is C11H16N2O3. The molecule has 0 saturated carbocycles. The number of nitrogens with zero attached hydrogens (tertiary/aromatic N) is 1. The zero-order valence-electron chi connectivity index (χ0n) is 9.69. The van der Waals surface area contributed by atoms with Crippen molar-refractivity contribution in [2.24, 2.45) is 5.41 Å². The van der Waals surface area contributed by atoms with Crippen molar-refractivity contribution < 1.29 is 9.53 Å². The summed E-state index contributed by atoms with van der Waals surface area (Å²) in [6.45, 7) is 3.67. The highest BCUT2D eigenvalue weighted by molar-refractivity contribution is 5.75. The molecular weight excluding hydrogens is 208 g/mol. The highest BCUT2D eigenvalue weighted by atomic mass is 16.5. The van der Waals surface area contributed by atoms with Crippen LogP contribution in [0.15, 0.2) is 23.1 Å². The molecule has 0 aromatic carbocycles. The fourth-order valence-electron chi connectivity index (χ4n) is 1.45. The summed E-state index contributed by atoms with van der Waals surface area (Å²) in [4.78, 5) is 23.1. The number of aromatic nitrogens is 1. The van der Waals surface area contributed by atoms with Gasteiger partial charge in [-0.1, -0.05) is 0 Å². The van der Waals surface area contributed by atoms with E-state index >= 15 is 0 Å². The number of rotatable bonds is 3. The molecule has 16 heavy (non-hydrogen) atoms. The van der Waals surface area contributed by atoms with E-state index in [0.717, 1.165) is 0 Å². The van der Waals surface area contributed by atoms with Crippen LogP contribution in [0.5, 0.6) is 0 Å². The van der Waals surface area contributed by atoms with Gasteiger partial charge in [0.05, 0.1) is 18.2 Å². The van der Waals surface area contributed by atoms with E-state index in [2.05, 4.69) is 4.74 Å². The Balaban J connectivity index is 3.01. The number of hydrogen-bond acceptors (Lipinski definition) is 4. The minimum absolute atomic E-state index is 0.170. The number of nitrogen functional groups attached to an aromatic ring is 1. The molecule has 5 nitrogen and oxygen atoms in total. The van der Waals surface area contributed by atoms with E-state index in [1.54, 1.807) is 26.1 Å². The van der Waals surface area contributed by atoms with Gasteiger partial charge in [0.2, 0.25) is 0 Å². The predicted octanol–water partition coefficient (Wildman–Crippen LogP) is 0.630. The molecule has 0 saturated heterocycles. The van der Waals surface area contributed by atoms with Gasteiger partial charge in [-0.2, -0.15) is 0 Å². The molecule has 0 aliphatic carbocycles. The summed E-state index contributed by atoms with van der Waals surface area (Å²) in [5.74, 6) is -0.359. The molecule has 1 rings (SSSR count). The molecule has 0 aliphatic rings. The number of nitrogens with two attached hydrogens (primary N) is 1. The molecule has 0 unspecified atom stereocenters. The highest BCUT2D eigenvalue weighted by Crippen LogP contribution is 2.19. The minimum Gasteiger partial charge on any atom is -0.469 e. The number of esters is 1. The van der Waals surface area contributed by atoms with E-state index in [0.29, 0.717) is 0 Å². The summed E-state index contributed by atoms with van der Waals surface area (Å²) >= 11 is 0. The van der Waals surface area contributed by atoms with Crippen LogP contribution in [-0.2, 0) is 16.1 Å². The lowest BCUT2D eigenvalue weighted by atomic mass is 9.93. The number of pyridine rings is 1. The molecule has 0 aliphatic heterocycles. The standard InChI is InChI=1S/C11H16N2O3/c1-11(2,10(15)16-3)7-13-6-4-5-8(12)9(13)14/h4-6H,7,12H2,1-3H3. The van der Waals surface area contributed by atoms with Crippen molar-refractivity contribution in [2.75, 3.05) is 12.8 Å². The quantitative estimate of drug-likeness (QED) is 0.764. The minimum atomic E-state index is -0.758.